The van der Waals surface area contributed by atoms with Crippen molar-refractivity contribution in [2.75, 3.05) is 14.2 Å². The molecule has 0 aliphatic heterocycles. The Morgan fingerprint density at radius 3 is 0.697 bits per heavy atom. The van der Waals surface area contributed by atoms with Crippen molar-refractivity contribution < 1.29 is 9.47 Å². The van der Waals surface area contributed by atoms with Crippen LogP contribution >= 0.6 is 0 Å². The summed E-state index contributed by atoms with van der Waals surface area (Å²) >= 11 is 0. The number of rotatable bonds is 24. The lowest BCUT2D eigenvalue weighted by atomic mass is 9.43. The summed E-state index contributed by atoms with van der Waals surface area (Å²) in [6.07, 6.45) is 83.4. The van der Waals surface area contributed by atoms with Crippen LogP contribution in [0.25, 0.3) is 0 Å². The van der Waals surface area contributed by atoms with Gasteiger partial charge in [0.15, 0.2) is 0 Å². The van der Waals surface area contributed by atoms with Gasteiger partial charge in [0.25, 0.3) is 0 Å². The van der Waals surface area contributed by atoms with Gasteiger partial charge in [0.1, 0.15) is 0 Å². The first-order valence-corrected chi connectivity index (χ1v) is 36.3. The summed E-state index contributed by atoms with van der Waals surface area (Å²) in [5, 5.41) is 0. The van der Waals surface area contributed by atoms with Gasteiger partial charge in [-0.2, -0.15) is 0 Å². The zero-order chi connectivity index (χ0) is 52.5. The van der Waals surface area contributed by atoms with Crippen LogP contribution < -0.4 is 0 Å². The SMILES string of the molecule is CCCCCCCCCCC1CCC([C@H]2CCC3(CC2)CC2(CC[C@H]([C@H]4CC[C@H](CCCCCCCCCC)CC4)CC2)C3)CC1.COC1CCC(C2CCC3(CC2)CC2(CCC(C4CCC(OC)CC4)CC2)C3)CC1. The molecule has 0 atom stereocenters. The molecular weight excluding hydrogens is 921 g/mol. The molecule has 4 spiro atoms. The average Bonchev–Trinajstić information content (AvgIpc) is 3.47. The van der Waals surface area contributed by atoms with E-state index in [0.717, 1.165) is 80.8 Å². The second-order valence-corrected chi connectivity index (χ2v) is 31.7. The van der Waals surface area contributed by atoms with Gasteiger partial charge in [-0.15, -0.1) is 0 Å². The van der Waals surface area contributed by atoms with Crippen molar-refractivity contribution in [1.29, 1.82) is 0 Å². The zero-order valence-electron chi connectivity index (χ0n) is 51.9. The molecule has 0 aromatic carbocycles. The number of unbranched alkanes of at least 4 members (excludes halogenated alkanes) is 14. The lowest BCUT2D eigenvalue weighted by Crippen LogP contribution is -2.50. The van der Waals surface area contributed by atoms with Crippen molar-refractivity contribution in [2.45, 2.75) is 373 Å². The van der Waals surface area contributed by atoms with E-state index in [4.69, 9.17) is 9.47 Å². The van der Waals surface area contributed by atoms with E-state index in [1.165, 1.54) is 154 Å². The van der Waals surface area contributed by atoms with Crippen LogP contribution in [0.5, 0.6) is 0 Å². The fourth-order valence-corrected chi connectivity index (χ4v) is 22.0. The highest BCUT2D eigenvalue weighted by atomic mass is 16.5. The lowest BCUT2D eigenvalue weighted by molar-refractivity contribution is -0.110. The molecule has 10 rings (SSSR count). The van der Waals surface area contributed by atoms with E-state index in [0.29, 0.717) is 12.2 Å². The number of hydrogen-bond donors (Lipinski definition) is 0. The van der Waals surface area contributed by atoms with Crippen molar-refractivity contribution in [1.82, 2.24) is 0 Å². The fourth-order valence-electron chi connectivity index (χ4n) is 22.0. The summed E-state index contributed by atoms with van der Waals surface area (Å²) in [4.78, 5) is 0. The average molecular weight is 1050 g/mol. The molecule has 440 valence electrons. The number of ether oxygens (including phenoxy) is 2. The monoisotopic (exact) mass is 1050 g/mol. The highest BCUT2D eigenvalue weighted by molar-refractivity contribution is 5.08. The maximum absolute atomic E-state index is 5.60. The molecule has 0 heterocycles. The first-order valence-electron chi connectivity index (χ1n) is 36.3. The Balaban J connectivity index is 0.000000202. The van der Waals surface area contributed by atoms with Crippen molar-refractivity contribution in [3.05, 3.63) is 0 Å². The summed E-state index contributed by atoms with van der Waals surface area (Å²) in [5.74, 6) is 10.7. The molecule has 76 heavy (non-hydrogen) atoms. The molecule has 2 nitrogen and oxygen atoms in total. The van der Waals surface area contributed by atoms with Gasteiger partial charge >= 0.3 is 0 Å². The highest BCUT2D eigenvalue weighted by Crippen LogP contribution is 2.69. The quantitative estimate of drug-likeness (QED) is 0.0897. The Morgan fingerprint density at radius 2 is 0.461 bits per heavy atom. The van der Waals surface area contributed by atoms with E-state index in [2.05, 4.69) is 13.8 Å². The van der Waals surface area contributed by atoms with Gasteiger partial charge in [0.2, 0.25) is 0 Å². The number of methoxy groups -OCH3 is 2. The third-order valence-electron chi connectivity index (χ3n) is 26.8. The Hall–Kier alpha value is -0.0800. The van der Waals surface area contributed by atoms with E-state index in [-0.39, 0.29) is 0 Å². The summed E-state index contributed by atoms with van der Waals surface area (Å²) in [6.45, 7) is 4.66. The maximum Gasteiger partial charge on any atom is 0.0571 e. The zero-order valence-corrected chi connectivity index (χ0v) is 51.9. The van der Waals surface area contributed by atoms with E-state index >= 15 is 0 Å². The molecule has 0 aromatic rings. The largest absolute Gasteiger partial charge is 0.381 e. The van der Waals surface area contributed by atoms with Gasteiger partial charge in [-0.3, -0.25) is 0 Å². The minimum Gasteiger partial charge on any atom is -0.381 e. The smallest absolute Gasteiger partial charge is 0.0571 e. The predicted octanol–water partition coefficient (Wildman–Crippen LogP) is 23.4. The highest BCUT2D eigenvalue weighted by Gasteiger charge is 2.57. The molecule has 0 bridgehead atoms. The molecule has 2 heteroatoms. The molecule has 10 aliphatic carbocycles. The summed E-state index contributed by atoms with van der Waals surface area (Å²) in [6, 6.07) is 0. The molecule has 10 aliphatic rings. The van der Waals surface area contributed by atoms with Gasteiger partial charge in [-0.25, -0.2) is 0 Å². The molecule has 0 radical (unpaired) electrons. The van der Waals surface area contributed by atoms with E-state index < -0.39 is 0 Å². The van der Waals surface area contributed by atoms with Gasteiger partial charge in [0, 0.05) is 14.2 Å². The van der Waals surface area contributed by atoms with Crippen LogP contribution in [-0.4, -0.2) is 26.4 Å². The summed E-state index contributed by atoms with van der Waals surface area (Å²) in [7, 11) is 3.81. The van der Waals surface area contributed by atoms with E-state index in [9.17, 15) is 0 Å². The molecule has 10 fully saturated rings. The summed E-state index contributed by atoms with van der Waals surface area (Å²) < 4.78 is 11.2. The second kappa shape index (κ2) is 30.5. The second-order valence-electron chi connectivity index (χ2n) is 31.7. The predicted molar refractivity (Wildman–Crippen MR) is 327 cm³/mol. The third-order valence-corrected chi connectivity index (χ3v) is 26.8. The van der Waals surface area contributed by atoms with Crippen molar-refractivity contribution in [2.24, 2.45) is 80.8 Å². The normalized spacial score (nSPS) is 41.8. The van der Waals surface area contributed by atoms with Crippen LogP contribution in [0.3, 0.4) is 0 Å². The van der Waals surface area contributed by atoms with E-state index in [1.54, 1.807) is 193 Å². The Labute approximate surface area is 475 Å². The van der Waals surface area contributed by atoms with Crippen LogP contribution in [0.1, 0.15) is 361 Å². The minimum atomic E-state index is 0.563. The lowest BCUT2D eigenvalue weighted by Gasteiger charge is -2.62. The summed E-state index contributed by atoms with van der Waals surface area (Å²) in [5.41, 5.74) is 3.18. The number of hydrogen-bond acceptors (Lipinski definition) is 2. The van der Waals surface area contributed by atoms with Gasteiger partial charge in [-0.05, 0) is 286 Å². The van der Waals surface area contributed by atoms with Crippen LogP contribution in [-0.2, 0) is 9.47 Å². The topological polar surface area (TPSA) is 18.5 Å². The minimum absolute atomic E-state index is 0.563. The molecule has 0 amide bonds. The Morgan fingerprint density at radius 1 is 0.250 bits per heavy atom. The van der Waals surface area contributed by atoms with Crippen LogP contribution in [0.4, 0.5) is 0 Å². The van der Waals surface area contributed by atoms with Crippen LogP contribution in [0, 0.1) is 80.8 Å². The standard InChI is InChI=1S/C46H84.C28H48O2/c1-3-5-7-9-11-13-15-17-19-39-21-25-41(26-22-39)43-29-33-45(34-30-43)37-46(38-45)35-31-44(32-36-46)42-27-23-40(24-28-42)20-18-16-14-12-10-8-6-4-2;1-29-25-7-3-21(4-8-25)23-11-15-27(16-12-23)19-28(20-27)17-13-24(14-18-28)22-5-9-26(30-2)10-6-22/h39-44H,3-38H2,1-2H3;21-26H,3-20H2,1-2H3/t39-,40?,41-,42?,43-,44-,45?,46?;. The van der Waals surface area contributed by atoms with Gasteiger partial charge < -0.3 is 9.47 Å². The fraction of sp³-hybridized carbons (Fsp3) is 1.00. The van der Waals surface area contributed by atoms with Gasteiger partial charge in [0.05, 0.1) is 12.2 Å². The van der Waals surface area contributed by atoms with Crippen molar-refractivity contribution in [3.63, 3.8) is 0 Å². The molecule has 0 saturated heterocycles. The van der Waals surface area contributed by atoms with Crippen molar-refractivity contribution in [3.8, 4) is 0 Å². The van der Waals surface area contributed by atoms with Crippen molar-refractivity contribution >= 4 is 0 Å². The molecule has 0 unspecified atom stereocenters. The molecule has 0 aromatic heterocycles. The Bertz CT molecular complexity index is 1400. The molecule has 10 saturated carbocycles. The van der Waals surface area contributed by atoms with Gasteiger partial charge in [-0.1, -0.05) is 155 Å². The Kier molecular flexibility index (Phi) is 24.3. The third kappa shape index (κ3) is 17.0. The van der Waals surface area contributed by atoms with Crippen LogP contribution in [0.2, 0.25) is 0 Å². The van der Waals surface area contributed by atoms with Crippen LogP contribution in [0.15, 0.2) is 0 Å². The maximum atomic E-state index is 5.60. The molecule has 0 N–H and O–H groups in total. The first-order chi connectivity index (χ1) is 37.2. The first kappa shape index (κ1) is 60.5. The van der Waals surface area contributed by atoms with E-state index in [1.807, 2.05) is 14.2 Å². The molecular formula is C74H132O2.